The number of aromatic nitrogens is 2. The number of aliphatic imine (C=N–C) groups is 1. The number of aromatic amines is 2. The number of H-pyrrole nitrogens is 2. The molecule has 1 fully saturated rings. The predicted molar refractivity (Wildman–Crippen MR) is 168 cm³/mol. The van der Waals surface area contributed by atoms with Crippen molar-refractivity contribution in [1.82, 2.24) is 15.3 Å². The highest BCUT2D eigenvalue weighted by Gasteiger charge is 2.38. The zero-order valence-corrected chi connectivity index (χ0v) is 26.5. The van der Waals surface area contributed by atoms with Crippen LogP contribution in [0.5, 0.6) is 0 Å². The molecule has 11 nitrogen and oxygen atoms in total. The number of aliphatic hydroxyl groups is 1. The molecule has 44 heavy (non-hydrogen) atoms. The number of nitrogens with zero attached hydrogens (tertiary/aromatic N) is 1. The quantitative estimate of drug-likeness (QED) is 0.159. The standard InChI is InChI=1S/C33H47N5O6/c1-6-19-18(5)32(43)38-26(19)12-24-17(4)21(8-10-30(39)40)27(35-24)14-28-22(9-11-31(41)42)23(15-34)29(36-28)13-25-16(3)20(7-2)33(44)37-25/h18-19,26,32,35-36,38,43H,6-15,34H2,1-5H3,(H,39,40)(H,41,42)/t18-,19-,26-,32-/m1/s1. The summed E-state index contributed by atoms with van der Waals surface area (Å²) in [7, 11) is 0. The molecule has 1 amide bonds. The largest absolute Gasteiger partial charge is 0.481 e. The Hall–Kier alpha value is -3.54. The summed E-state index contributed by atoms with van der Waals surface area (Å²) in [6.07, 6.45) is 2.96. The fourth-order valence-corrected chi connectivity index (χ4v) is 7.19. The monoisotopic (exact) mass is 609 g/mol. The zero-order chi connectivity index (χ0) is 32.3. The zero-order valence-electron chi connectivity index (χ0n) is 26.5. The Bertz CT molecular complexity index is 1480. The summed E-state index contributed by atoms with van der Waals surface area (Å²) >= 11 is 0. The van der Waals surface area contributed by atoms with Crippen LogP contribution in [0.2, 0.25) is 0 Å². The SMILES string of the molecule is CCC1=C(C)C(Cc2[nH]c(Cc3[nH]c(C[C@H]4N[C@H](O)[C@H](C)[C@H]4CC)c(C)c3CCC(=O)O)c(CCC(=O)O)c2CN)=NC1=O. The van der Waals surface area contributed by atoms with Crippen LogP contribution in [0.1, 0.15) is 98.4 Å². The van der Waals surface area contributed by atoms with Crippen LogP contribution >= 0.6 is 0 Å². The summed E-state index contributed by atoms with van der Waals surface area (Å²) in [5.41, 5.74) is 15.6. The highest BCUT2D eigenvalue weighted by molar-refractivity contribution is 6.19. The van der Waals surface area contributed by atoms with Gasteiger partial charge in [0.15, 0.2) is 0 Å². The van der Waals surface area contributed by atoms with Gasteiger partial charge < -0.3 is 31.0 Å². The van der Waals surface area contributed by atoms with Crippen molar-refractivity contribution in [2.45, 2.75) is 111 Å². The maximum Gasteiger partial charge on any atom is 0.303 e. The van der Waals surface area contributed by atoms with Crippen LogP contribution in [0, 0.1) is 18.8 Å². The number of carbonyl (C=O) groups is 3. The lowest BCUT2D eigenvalue weighted by Crippen LogP contribution is -2.33. The summed E-state index contributed by atoms with van der Waals surface area (Å²) < 4.78 is 0. The number of amides is 1. The van der Waals surface area contributed by atoms with Crippen LogP contribution in [-0.4, -0.2) is 61.1 Å². The van der Waals surface area contributed by atoms with Gasteiger partial charge in [-0.05, 0) is 72.8 Å². The van der Waals surface area contributed by atoms with Gasteiger partial charge >= 0.3 is 11.9 Å². The van der Waals surface area contributed by atoms with E-state index < -0.39 is 18.2 Å². The normalized spacial score (nSPS) is 21.9. The highest BCUT2D eigenvalue weighted by atomic mass is 16.4. The van der Waals surface area contributed by atoms with Gasteiger partial charge in [0.2, 0.25) is 0 Å². The average Bonchev–Trinajstić information content (AvgIpc) is 3.63. The van der Waals surface area contributed by atoms with Crippen LogP contribution in [0.25, 0.3) is 0 Å². The van der Waals surface area contributed by atoms with Crippen molar-refractivity contribution in [2.24, 2.45) is 22.6 Å². The molecule has 0 spiro atoms. The highest BCUT2D eigenvalue weighted by Crippen LogP contribution is 2.33. The number of hydrogen-bond donors (Lipinski definition) is 7. The molecule has 2 aromatic rings. The van der Waals surface area contributed by atoms with Gasteiger partial charge in [0, 0.05) is 73.0 Å². The fourth-order valence-electron chi connectivity index (χ4n) is 7.19. The Morgan fingerprint density at radius 2 is 1.50 bits per heavy atom. The second-order valence-electron chi connectivity index (χ2n) is 12.2. The van der Waals surface area contributed by atoms with Gasteiger partial charge in [0.05, 0.1) is 5.71 Å². The Labute approximate surface area is 258 Å². The third-order valence-corrected chi connectivity index (χ3v) is 9.75. The Morgan fingerprint density at radius 1 is 0.909 bits per heavy atom. The first-order chi connectivity index (χ1) is 20.9. The molecule has 4 heterocycles. The molecule has 11 heteroatoms. The van der Waals surface area contributed by atoms with E-state index in [2.05, 4.69) is 34.1 Å². The molecule has 4 rings (SSSR count). The second kappa shape index (κ2) is 14.0. The minimum atomic E-state index is -0.912. The Morgan fingerprint density at radius 3 is 2.07 bits per heavy atom. The van der Waals surface area contributed by atoms with Crippen molar-refractivity contribution in [1.29, 1.82) is 0 Å². The summed E-state index contributed by atoms with van der Waals surface area (Å²) in [5, 5.41) is 32.8. The van der Waals surface area contributed by atoms with Gasteiger partial charge in [0.25, 0.3) is 5.91 Å². The van der Waals surface area contributed by atoms with E-state index in [0.717, 1.165) is 57.0 Å². The van der Waals surface area contributed by atoms with E-state index in [1.807, 2.05) is 20.8 Å². The van der Waals surface area contributed by atoms with Gasteiger partial charge in [-0.15, -0.1) is 0 Å². The van der Waals surface area contributed by atoms with Crippen LogP contribution in [-0.2, 0) is 53.0 Å². The number of rotatable bonds is 15. The van der Waals surface area contributed by atoms with E-state index in [9.17, 15) is 29.7 Å². The number of carbonyl (C=O) groups excluding carboxylic acids is 1. The van der Waals surface area contributed by atoms with Crippen molar-refractivity contribution in [3.05, 3.63) is 56.2 Å². The Balaban J connectivity index is 1.73. The minimum Gasteiger partial charge on any atom is -0.481 e. The van der Waals surface area contributed by atoms with Crippen molar-refractivity contribution in [3.63, 3.8) is 0 Å². The minimum absolute atomic E-state index is 0.0186. The number of hydrogen-bond acceptors (Lipinski definition) is 6. The van der Waals surface area contributed by atoms with E-state index in [-0.39, 0.29) is 43.7 Å². The predicted octanol–water partition coefficient (Wildman–Crippen LogP) is 3.48. The molecule has 0 aliphatic carbocycles. The second-order valence-corrected chi connectivity index (χ2v) is 12.2. The molecular formula is C33H47N5O6. The number of aliphatic hydroxyl groups excluding tert-OH is 1. The van der Waals surface area contributed by atoms with Crippen molar-refractivity contribution in [3.8, 4) is 0 Å². The van der Waals surface area contributed by atoms with Gasteiger partial charge in [-0.2, -0.15) is 0 Å². The molecule has 0 bridgehead atoms. The van der Waals surface area contributed by atoms with Crippen molar-refractivity contribution in [2.75, 3.05) is 0 Å². The summed E-state index contributed by atoms with van der Waals surface area (Å²) in [6.45, 7) is 10.2. The lowest BCUT2D eigenvalue weighted by molar-refractivity contribution is -0.138. The first-order valence-electron chi connectivity index (χ1n) is 15.7. The molecule has 8 N–H and O–H groups in total. The van der Waals surface area contributed by atoms with Gasteiger partial charge in [-0.1, -0.05) is 27.2 Å². The number of nitrogens with two attached hydrogens (primary N) is 1. The first kappa shape index (κ1) is 33.4. The summed E-state index contributed by atoms with van der Waals surface area (Å²) in [4.78, 5) is 47.0. The van der Waals surface area contributed by atoms with Crippen LogP contribution in [0.15, 0.2) is 16.1 Å². The third-order valence-electron chi connectivity index (χ3n) is 9.75. The maximum absolute atomic E-state index is 12.4. The van der Waals surface area contributed by atoms with E-state index in [1.54, 1.807) is 0 Å². The maximum atomic E-state index is 12.4. The van der Waals surface area contributed by atoms with Gasteiger partial charge in [0.1, 0.15) is 6.23 Å². The lowest BCUT2D eigenvalue weighted by atomic mass is 9.86. The summed E-state index contributed by atoms with van der Waals surface area (Å²) in [5.74, 6) is -1.58. The summed E-state index contributed by atoms with van der Waals surface area (Å²) in [6, 6.07) is 0.0776. The average molecular weight is 610 g/mol. The molecule has 240 valence electrons. The van der Waals surface area contributed by atoms with Gasteiger partial charge in [-0.3, -0.25) is 19.7 Å². The number of allylic oxidation sites excluding steroid dienone is 1. The number of carboxylic acid groups (broad SMARTS) is 2. The van der Waals surface area contributed by atoms with Crippen molar-refractivity contribution >= 4 is 23.6 Å². The van der Waals surface area contributed by atoms with Crippen LogP contribution < -0.4 is 11.1 Å². The van der Waals surface area contributed by atoms with E-state index in [0.29, 0.717) is 49.3 Å². The molecule has 4 atom stereocenters. The molecule has 2 aliphatic rings. The number of carboxylic acids is 2. The molecule has 0 saturated carbocycles. The van der Waals surface area contributed by atoms with E-state index in [1.165, 1.54) is 0 Å². The van der Waals surface area contributed by atoms with Crippen molar-refractivity contribution < 1.29 is 29.7 Å². The topological polar surface area (TPSA) is 194 Å². The number of nitrogens with one attached hydrogen (secondary N) is 3. The lowest BCUT2D eigenvalue weighted by Gasteiger charge is -2.20. The number of aliphatic carboxylic acids is 2. The van der Waals surface area contributed by atoms with E-state index in [4.69, 9.17) is 5.73 Å². The fraction of sp³-hybridized carbons (Fsp3) is 0.576. The molecule has 0 aromatic carbocycles. The molecule has 0 radical (unpaired) electrons. The van der Waals surface area contributed by atoms with Gasteiger partial charge in [-0.25, -0.2) is 4.99 Å². The smallest absolute Gasteiger partial charge is 0.303 e. The molecule has 2 aliphatic heterocycles. The molecule has 0 unspecified atom stereocenters. The Kier molecular flexibility index (Phi) is 10.6. The first-order valence-corrected chi connectivity index (χ1v) is 15.7. The molecule has 1 saturated heterocycles. The third kappa shape index (κ3) is 6.90. The van der Waals surface area contributed by atoms with Crippen LogP contribution in [0.3, 0.4) is 0 Å². The van der Waals surface area contributed by atoms with Crippen LogP contribution in [0.4, 0.5) is 0 Å². The molecule has 2 aromatic heterocycles. The molecular weight excluding hydrogens is 562 g/mol. The van der Waals surface area contributed by atoms with E-state index >= 15 is 0 Å².